The molecule has 53 heavy (non-hydrogen) atoms. The Hall–Kier alpha value is -4.37. The molecule has 4 aromatic rings. The molecular weight excluding hydrogens is 697 g/mol. The number of aromatic nitrogens is 3. The van der Waals surface area contributed by atoms with Crippen molar-refractivity contribution in [1.29, 1.82) is 0 Å². The van der Waals surface area contributed by atoms with Crippen LogP contribution >= 0.6 is 11.3 Å². The monoisotopic (exact) mass is 750 g/mol. The van der Waals surface area contributed by atoms with Crippen LogP contribution in [0.2, 0.25) is 0 Å². The van der Waals surface area contributed by atoms with Gasteiger partial charge < -0.3 is 29.6 Å². The molecule has 1 fully saturated rings. The minimum Gasteiger partial charge on any atom is -0.483 e. The summed E-state index contributed by atoms with van der Waals surface area (Å²) in [4.78, 5) is 44.5. The van der Waals surface area contributed by atoms with E-state index in [9.17, 15) is 14.7 Å². The van der Waals surface area contributed by atoms with Crippen LogP contribution in [-0.4, -0.2) is 86.7 Å². The van der Waals surface area contributed by atoms with Crippen LogP contribution in [0, 0.1) is 5.41 Å². The molecule has 1 saturated heterocycles. The highest BCUT2D eigenvalue weighted by atomic mass is 32.1. The SMILES string of the molecule is CCn1c(-c2cccnc2C(C)OC)c(CC(C)(C)CO)c2cc(-c3csc(CC(NC(=O)OC(C)(C)C)C(=O)N4CCCCN4)n3)ccc21.O=CO. The number of carbonyl (C=O) groups excluding carboxylic acids is 2. The Morgan fingerprint density at radius 3 is 2.53 bits per heavy atom. The van der Waals surface area contributed by atoms with E-state index in [-0.39, 0.29) is 36.9 Å². The van der Waals surface area contributed by atoms with Gasteiger partial charge in [-0.15, -0.1) is 11.3 Å². The summed E-state index contributed by atoms with van der Waals surface area (Å²) in [6.07, 6.45) is 3.73. The number of alkyl carbamates (subject to hydrolysis) is 1. The van der Waals surface area contributed by atoms with Gasteiger partial charge in [-0.25, -0.2) is 15.2 Å². The molecule has 14 heteroatoms. The van der Waals surface area contributed by atoms with Crippen LogP contribution in [0.15, 0.2) is 41.9 Å². The number of thiazole rings is 1. The van der Waals surface area contributed by atoms with Crippen molar-refractivity contribution in [2.75, 3.05) is 26.8 Å². The summed E-state index contributed by atoms with van der Waals surface area (Å²) in [6, 6.07) is 9.62. The van der Waals surface area contributed by atoms with Gasteiger partial charge in [-0.05, 0) is 89.1 Å². The number of hydrazine groups is 1. The Bertz CT molecular complexity index is 1860. The van der Waals surface area contributed by atoms with Crippen LogP contribution in [-0.2, 0) is 38.4 Å². The molecule has 1 aromatic carbocycles. The second-order valence-corrected chi connectivity index (χ2v) is 15.8. The minimum atomic E-state index is -0.839. The van der Waals surface area contributed by atoms with Crippen molar-refractivity contribution in [1.82, 2.24) is 30.3 Å². The lowest BCUT2D eigenvalue weighted by molar-refractivity contribution is -0.137. The molecule has 0 spiro atoms. The third kappa shape index (κ3) is 10.4. The predicted octanol–water partition coefficient (Wildman–Crippen LogP) is 6.38. The number of carbonyl (C=O) groups is 3. The first-order valence-corrected chi connectivity index (χ1v) is 18.9. The van der Waals surface area contributed by atoms with E-state index < -0.39 is 17.7 Å². The maximum absolute atomic E-state index is 13.6. The van der Waals surface area contributed by atoms with E-state index >= 15 is 0 Å². The van der Waals surface area contributed by atoms with Crippen LogP contribution in [0.4, 0.5) is 4.79 Å². The zero-order valence-corrected chi connectivity index (χ0v) is 32.9. The second-order valence-electron chi connectivity index (χ2n) is 14.9. The number of nitrogens with one attached hydrogen (secondary N) is 2. The van der Waals surface area contributed by atoms with Gasteiger partial charge >= 0.3 is 6.09 Å². The predicted molar refractivity (Wildman–Crippen MR) is 206 cm³/mol. The van der Waals surface area contributed by atoms with Gasteiger partial charge in [0, 0.05) is 73.4 Å². The Labute approximate surface area is 315 Å². The number of benzene rings is 1. The van der Waals surface area contributed by atoms with E-state index in [1.54, 1.807) is 39.1 Å². The fourth-order valence-electron chi connectivity index (χ4n) is 6.41. The molecule has 0 radical (unpaired) electrons. The fraction of sp³-hybridized carbons (Fsp3) is 0.513. The maximum atomic E-state index is 13.6. The average molecular weight is 751 g/mol. The molecule has 2 atom stereocenters. The van der Waals surface area contributed by atoms with Gasteiger partial charge in [0.05, 0.1) is 28.2 Å². The summed E-state index contributed by atoms with van der Waals surface area (Å²) < 4.78 is 13.6. The van der Waals surface area contributed by atoms with Gasteiger partial charge in [-0.1, -0.05) is 19.9 Å². The number of rotatable bonds is 12. The standard InChI is InChI=1S/C38H52N6O5S.CH2O2/c1-9-43-31-15-14-25(19-27(31)28(21-38(6,7)23-45)34(43)26-13-12-16-39-33(26)24(2)48-8)30-22-50-32(41-30)20-29(42-36(47)49-37(3,4)5)35(46)44-18-11-10-17-40-44;2-1-3/h12-16,19,22,24,29,40,45H,9-11,17-18,20-21,23H2,1-8H3,(H,42,47);1H,(H,2,3). The first kappa shape index (κ1) is 41.4. The van der Waals surface area contributed by atoms with Gasteiger partial charge in [0.1, 0.15) is 11.6 Å². The van der Waals surface area contributed by atoms with Gasteiger partial charge in [-0.2, -0.15) is 0 Å². The third-order valence-corrected chi connectivity index (χ3v) is 9.86. The largest absolute Gasteiger partial charge is 0.483 e. The lowest BCUT2D eigenvalue weighted by atomic mass is 9.84. The zero-order valence-electron chi connectivity index (χ0n) is 32.1. The Morgan fingerprint density at radius 1 is 1.17 bits per heavy atom. The minimum absolute atomic E-state index is 0.0406. The van der Waals surface area contributed by atoms with E-state index in [1.807, 2.05) is 18.4 Å². The van der Waals surface area contributed by atoms with Crippen LogP contribution in [0.5, 0.6) is 0 Å². The van der Waals surface area contributed by atoms with Crippen molar-refractivity contribution in [2.24, 2.45) is 5.41 Å². The number of hydrogen-bond acceptors (Lipinski definition) is 10. The first-order chi connectivity index (χ1) is 25.2. The number of hydrogen-bond donors (Lipinski definition) is 4. The Balaban J connectivity index is 0.00000202. The summed E-state index contributed by atoms with van der Waals surface area (Å²) in [5.74, 6) is -0.212. The molecule has 288 valence electrons. The molecule has 4 heterocycles. The smallest absolute Gasteiger partial charge is 0.408 e. The van der Waals surface area contributed by atoms with Crippen LogP contribution in [0.25, 0.3) is 33.4 Å². The fourth-order valence-corrected chi connectivity index (χ4v) is 7.26. The molecule has 2 unspecified atom stereocenters. The molecule has 5 rings (SSSR count). The van der Waals surface area contributed by atoms with Crippen molar-refractivity contribution < 1.29 is 34.1 Å². The number of ether oxygens (including phenoxy) is 2. The Morgan fingerprint density at radius 2 is 1.91 bits per heavy atom. The summed E-state index contributed by atoms with van der Waals surface area (Å²) >= 11 is 1.46. The molecule has 2 amide bonds. The number of aliphatic hydroxyl groups excluding tert-OH is 1. The average Bonchev–Trinajstić information content (AvgIpc) is 3.72. The van der Waals surface area contributed by atoms with Crippen molar-refractivity contribution in [3.05, 3.63) is 58.2 Å². The van der Waals surface area contributed by atoms with E-state index in [1.165, 1.54) is 11.3 Å². The molecule has 13 nitrogen and oxygen atoms in total. The highest BCUT2D eigenvalue weighted by Crippen LogP contribution is 2.41. The topological polar surface area (TPSA) is 168 Å². The zero-order chi connectivity index (χ0) is 38.9. The number of carboxylic acid groups (broad SMARTS) is 1. The molecule has 0 aliphatic carbocycles. The highest BCUT2D eigenvalue weighted by Gasteiger charge is 2.31. The number of nitrogens with zero attached hydrogens (tertiary/aromatic N) is 4. The molecular formula is C39H54N6O7S. The lowest BCUT2D eigenvalue weighted by Gasteiger charge is -2.31. The van der Waals surface area contributed by atoms with Crippen LogP contribution in [0.3, 0.4) is 0 Å². The van der Waals surface area contributed by atoms with E-state index in [2.05, 4.69) is 60.3 Å². The van der Waals surface area contributed by atoms with E-state index in [0.717, 1.165) is 69.1 Å². The second kappa shape index (κ2) is 18.1. The third-order valence-electron chi connectivity index (χ3n) is 8.99. The van der Waals surface area contributed by atoms with Crippen molar-refractivity contribution >= 4 is 40.7 Å². The van der Waals surface area contributed by atoms with Crippen LogP contribution in [0.1, 0.15) is 83.7 Å². The lowest BCUT2D eigenvalue weighted by Crippen LogP contribution is -2.56. The van der Waals surface area contributed by atoms with Crippen molar-refractivity contribution in [2.45, 2.75) is 98.4 Å². The number of fused-ring (bicyclic) bond motifs is 1. The van der Waals surface area contributed by atoms with Crippen molar-refractivity contribution in [3.63, 3.8) is 0 Å². The number of pyridine rings is 1. The van der Waals surface area contributed by atoms with Crippen molar-refractivity contribution in [3.8, 4) is 22.5 Å². The van der Waals surface area contributed by atoms with E-state index in [4.69, 9.17) is 29.3 Å². The van der Waals surface area contributed by atoms with E-state index in [0.29, 0.717) is 19.5 Å². The number of aryl methyl sites for hydroxylation is 1. The number of aliphatic hydroxyl groups is 1. The maximum Gasteiger partial charge on any atom is 0.408 e. The normalized spacial score (nSPS) is 14.6. The summed E-state index contributed by atoms with van der Waals surface area (Å²) in [5.41, 5.74) is 9.01. The van der Waals surface area contributed by atoms with Gasteiger partial charge in [0.15, 0.2) is 0 Å². The molecule has 0 bridgehead atoms. The first-order valence-electron chi connectivity index (χ1n) is 18.0. The highest BCUT2D eigenvalue weighted by molar-refractivity contribution is 7.10. The van der Waals surface area contributed by atoms with Gasteiger partial charge in [-0.3, -0.25) is 19.6 Å². The summed E-state index contributed by atoms with van der Waals surface area (Å²) in [5, 5.41) is 25.5. The summed E-state index contributed by atoms with van der Waals surface area (Å²) in [7, 11) is 1.69. The molecule has 3 aromatic heterocycles. The Kier molecular flexibility index (Phi) is 14.1. The molecule has 4 N–H and O–H groups in total. The molecule has 1 aliphatic rings. The van der Waals surface area contributed by atoms with Gasteiger partial charge in [0.25, 0.3) is 12.4 Å². The summed E-state index contributed by atoms with van der Waals surface area (Å²) in [6.45, 7) is 15.5. The molecule has 1 aliphatic heterocycles. The quantitative estimate of drug-likeness (QED) is 0.119. The number of methoxy groups -OCH3 is 1. The van der Waals surface area contributed by atoms with Gasteiger partial charge in [0.2, 0.25) is 0 Å². The number of amides is 2. The molecule has 0 saturated carbocycles. The van der Waals surface area contributed by atoms with Crippen LogP contribution < -0.4 is 10.7 Å².